The minimum absolute atomic E-state index is 0.0670. The van der Waals surface area contributed by atoms with Gasteiger partial charge in [-0.05, 0) is 29.9 Å². The van der Waals surface area contributed by atoms with E-state index in [4.69, 9.17) is 4.74 Å². The first-order valence-electron chi connectivity index (χ1n) is 13.1. The molecule has 2 aromatic carbocycles. The molecule has 2 N–H and O–H groups in total. The molecule has 10 heteroatoms. The molecule has 2 fully saturated rings. The summed E-state index contributed by atoms with van der Waals surface area (Å²) >= 11 is 0. The van der Waals surface area contributed by atoms with Gasteiger partial charge in [-0.1, -0.05) is 67.4 Å². The summed E-state index contributed by atoms with van der Waals surface area (Å²) in [7, 11) is 0. The lowest BCUT2D eigenvalue weighted by atomic mass is 9.94. The van der Waals surface area contributed by atoms with Crippen molar-refractivity contribution in [2.45, 2.75) is 50.4 Å². The summed E-state index contributed by atoms with van der Waals surface area (Å²) in [6, 6.07) is 15.7. The number of hydrogen-bond acceptors (Lipinski definition) is 6. The molecule has 3 atom stereocenters. The van der Waals surface area contributed by atoms with E-state index in [2.05, 4.69) is 10.3 Å². The highest BCUT2D eigenvalue weighted by molar-refractivity contribution is 6.06. The second kappa shape index (κ2) is 11.5. The van der Waals surface area contributed by atoms with Crippen LogP contribution in [0.15, 0.2) is 66.9 Å². The first-order chi connectivity index (χ1) is 18.9. The summed E-state index contributed by atoms with van der Waals surface area (Å²) in [6.45, 7) is 0.0307. The molecular formula is C29H30N4O6. The number of fused-ring (bicyclic) bond motifs is 2. The van der Waals surface area contributed by atoms with Crippen LogP contribution in [0.5, 0.6) is 0 Å². The van der Waals surface area contributed by atoms with E-state index < -0.39 is 42.0 Å². The van der Waals surface area contributed by atoms with E-state index in [1.807, 2.05) is 48.5 Å². The van der Waals surface area contributed by atoms with Crippen LogP contribution < -0.4 is 5.32 Å². The molecule has 2 aliphatic rings. The smallest absolute Gasteiger partial charge is 0.410 e. The average molecular weight is 531 g/mol. The van der Waals surface area contributed by atoms with Gasteiger partial charge >= 0.3 is 12.1 Å². The Morgan fingerprint density at radius 1 is 0.974 bits per heavy atom. The van der Waals surface area contributed by atoms with Gasteiger partial charge in [0.15, 0.2) is 0 Å². The summed E-state index contributed by atoms with van der Waals surface area (Å²) in [5.74, 6) is -2.16. The second-order valence-electron chi connectivity index (χ2n) is 9.89. The third kappa shape index (κ3) is 5.69. The Morgan fingerprint density at radius 3 is 2.51 bits per heavy atom. The number of carbonyl (C=O) groups is 4. The summed E-state index contributed by atoms with van der Waals surface area (Å²) in [5, 5.41) is 14.4. The molecule has 0 radical (unpaired) electrons. The lowest BCUT2D eigenvalue weighted by Crippen LogP contribution is -2.67. The number of pyridine rings is 1. The number of piperazine rings is 1. The molecule has 202 valence electrons. The van der Waals surface area contributed by atoms with E-state index in [0.29, 0.717) is 31.1 Å². The number of ether oxygens (including phenoxy) is 1. The molecule has 5 rings (SSSR count). The third-order valence-corrected chi connectivity index (χ3v) is 7.33. The number of aliphatic carboxylic acids is 1. The minimum atomic E-state index is -1.26. The number of carbonyl (C=O) groups excluding carboxylic acids is 3. The van der Waals surface area contributed by atoms with E-state index in [-0.39, 0.29) is 25.4 Å². The molecule has 1 aromatic heterocycles. The molecular weight excluding hydrogens is 500 g/mol. The number of carboxylic acids is 1. The van der Waals surface area contributed by atoms with Gasteiger partial charge in [-0.2, -0.15) is 0 Å². The van der Waals surface area contributed by atoms with E-state index in [1.54, 1.807) is 18.3 Å². The van der Waals surface area contributed by atoms with Crippen molar-refractivity contribution in [3.8, 4) is 0 Å². The van der Waals surface area contributed by atoms with Crippen LogP contribution in [0.25, 0.3) is 10.8 Å². The Labute approximate surface area is 225 Å². The van der Waals surface area contributed by atoms with Gasteiger partial charge in [0, 0.05) is 18.1 Å². The Bertz CT molecular complexity index is 1380. The Kier molecular flexibility index (Phi) is 7.72. The number of benzene rings is 2. The van der Waals surface area contributed by atoms with Crippen LogP contribution in [0.2, 0.25) is 0 Å². The van der Waals surface area contributed by atoms with Crippen molar-refractivity contribution >= 4 is 34.6 Å². The number of carboxylic acid groups (broad SMARTS) is 1. The van der Waals surface area contributed by atoms with Crippen molar-refractivity contribution in [3.05, 3.63) is 78.1 Å². The van der Waals surface area contributed by atoms with Crippen LogP contribution >= 0.6 is 0 Å². The summed E-state index contributed by atoms with van der Waals surface area (Å²) in [4.78, 5) is 59.2. The molecule has 0 aliphatic carbocycles. The number of hydrogen-bond donors (Lipinski definition) is 2. The van der Waals surface area contributed by atoms with Crippen molar-refractivity contribution in [1.29, 1.82) is 0 Å². The van der Waals surface area contributed by atoms with Gasteiger partial charge in [0.2, 0.25) is 5.91 Å². The zero-order valence-corrected chi connectivity index (χ0v) is 21.4. The van der Waals surface area contributed by atoms with E-state index in [1.165, 1.54) is 9.80 Å². The maximum Gasteiger partial charge on any atom is 0.410 e. The largest absolute Gasteiger partial charge is 0.480 e. The first-order valence-corrected chi connectivity index (χ1v) is 13.1. The molecule has 0 spiro atoms. The molecule has 2 aliphatic heterocycles. The lowest BCUT2D eigenvalue weighted by Gasteiger charge is -2.46. The highest BCUT2D eigenvalue weighted by atomic mass is 16.6. The minimum Gasteiger partial charge on any atom is -0.480 e. The molecule has 3 aromatic rings. The summed E-state index contributed by atoms with van der Waals surface area (Å²) in [6.07, 6.45) is 3.24. The van der Waals surface area contributed by atoms with Gasteiger partial charge in [-0.3, -0.25) is 14.6 Å². The standard InChI is InChI=1S/C29H30N4O6/c34-26(25-22-12-6-4-10-20(22)14-15-30-25)31-23-13-7-5-11-21-16-32(17-24(28(36)37)33(21)27(23)35)29(38)39-18-19-8-2-1-3-9-19/h1-4,6,8-10,12,14-15,21,23-24H,5,7,11,13,16-18H2,(H,31,34)(H,36,37)/t21-,23-,24-/m0/s1. The molecule has 0 bridgehead atoms. The maximum absolute atomic E-state index is 13.8. The van der Waals surface area contributed by atoms with Crippen molar-refractivity contribution in [2.75, 3.05) is 13.1 Å². The zero-order valence-electron chi connectivity index (χ0n) is 21.4. The second-order valence-corrected chi connectivity index (χ2v) is 9.89. The van der Waals surface area contributed by atoms with Crippen molar-refractivity contribution in [2.24, 2.45) is 0 Å². The lowest BCUT2D eigenvalue weighted by molar-refractivity contribution is -0.158. The SMILES string of the molecule is O=C(N[C@H]1CCCC[C@H]2CN(C(=O)OCc3ccccc3)C[C@@H](C(=O)O)N2C1=O)c1nccc2ccccc12. The topological polar surface area (TPSA) is 129 Å². The highest BCUT2D eigenvalue weighted by Crippen LogP contribution is 2.27. The summed E-state index contributed by atoms with van der Waals surface area (Å²) < 4.78 is 5.44. The van der Waals surface area contributed by atoms with Gasteiger partial charge in [-0.25, -0.2) is 9.59 Å². The number of nitrogens with one attached hydrogen (secondary N) is 1. The van der Waals surface area contributed by atoms with E-state index in [0.717, 1.165) is 10.9 Å². The molecule has 39 heavy (non-hydrogen) atoms. The van der Waals surface area contributed by atoms with Crippen molar-refractivity contribution in [3.63, 3.8) is 0 Å². The van der Waals surface area contributed by atoms with Gasteiger partial charge in [0.1, 0.15) is 24.4 Å². The van der Waals surface area contributed by atoms with Gasteiger partial charge in [0.05, 0.1) is 12.6 Å². The summed E-state index contributed by atoms with van der Waals surface area (Å²) in [5.41, 5.74) is 1.03. The van der Waals surface area contributed by atoms with Crippen LogP contribution in [-0.2, 0) is 20.9 Å². The fraction of sp³-hybridized carbons (Fsp3) is 0.345. The maximum atomic E-state index is 13.8. The third-order valence-electron chi connectivity index (χ3n) is 7.33. The quantitative estimate of drug-likeness (QED) is 0.518. The predicted molar refractivity (Wildman–Crippen MR) is 142 cm³/mol. The molecule has 3 heterocycles. The van der Waals surface area contributed by atoms with Crippen LogP contribution in [0.3, 0.4) is 0 Å². The number of nitrogens with zero attached hydrogens (tertiary/aromatic N) is 3. The van der Waals surface area contributed by atoms with Gasteiger partial charge in [-0.15, -0.1) is 0 Å². The molecule has 3 amide bonds. The number of aromatic nitrogens is 1. The Balaban J connectivity index is 1.32. The monoisotopic (exact) mass is 530 g/mol. The van der Waals surface area contributed by atoms with Crippen LogP contribution in [0.4, 0.5) is 4.79 Å². The highest BCUT2D eigenvalue weighted by Gasteiger charge is 2.45. The van der Waals surface area contributed by atoms with Crippen LogP contribution in [-0.4, -0.2) is 75.0 Å². The molecule has 0 unspecified atom stereocenters. The Morgan fingerprint density at radius 2 is 1.72 bits per heavy atom. The fourth-order valence-electron chi connectivity index (χ4n) is 5.38. The molecule has 0 saturated carbocycles. The fourth-order valence-corrected chi connectivity index (χ4v) is 5.38. The van der Waals surface area contributed by atoms with E-state index in [9.17, 15) is 24.3 Å². The first kappa shape index (κ1) is 26.1. The molecule has 2 saturated heterocycles. The van der Waals surface area contributed by atoms with Crippen LogP contribution in [0.1, 0.15) is 41.7 Å². The van der Waals surface area contributed by atoms with Gasteiger partial charge in [0.25, 0.3) is 5.91 Å². The zero-order chi connectivity index (χ0) is 27.4. The van der Waals surface area contributed by atoms with Crippen molar-refractivity contribution < 1.29 is 29.0 Å². The normalized spacial score (nSPS) is 21.4. The Hall–Kier alpha value is -4.47. The van der Waals surface area contributed by atoms with Crippen molar-refractivity contribution in [1.82, 2.24) is 20.1 Å². The van der Waals surface area contributed by atoms with Crippen LogP contribution in [0, 0.1) is 0 Å². The number of rotatable bonds is 5. The average Bonchev–Trinajstić information content (AvgIpc) is 2.95. The van der Waals surface area contributed by atoms with E-state index >= 15 is 0 Å². The predicted octanol–water partition coefficient (Wildman–Crippen LogP) is 3.21. The number of amides is 3. The van der Waals surface area contributed by atoms with Gasteiger partial charge < -0.3 is 25.0 Å². The molecule has 10 nitrogen and oxygen atoms in total.